The van der Waals surface area contributed by atoms with Gasteiger partial charge in [0.15, 0.2) is 5.82 Å². The van der Waals surface area contributed by atoms with Crippen molar-refractivity contribution >= 4 is 11.6 Å². The van der Waals surface area contributed by atoms with Crippen LogP contribution >= 0.6 is 0 Å². The fourth-order valence-electron chi connectivity index (χ4n) is 3.93. The predicted octanol–water partition coefficient (Wildman–Crippen LogP) is 2.71. The maximum Gasteiger partial charge on any atom is 0.151 e. The minimum Gasteiger partial charge on any atom is -0.367 e. The number of nitrogens with zero attached hydrogens (tertiary/aromatic N) is 5. The lowest BCUT2D eigenvalue weighted by atomic mass is 10.0. The fraction of sp³-hybridized carbons (Fsp3) is 0.579. The number of nitrogens with one attached hydrogen (secondary N) is 1. The Kier molecular flexibility index (Phi) is 3.76. The van der Waals surface area contributed by atoms with Crippen LogP contribution in [-0.4, -0.2) is 39.3 Å². The van der Waals surface area contributed by atoms with Crippen LogP contribution in [0.4, 0.5) is 11.6 Å². The fourth-order valence-corrected chi connectivity index (χ4v) is 3.93. The van der Waals surface area contributed by atoms with E-state index >= 15 is 0 Å². The molecule has 1 aliphatic heterocycles. The molecule has 6 heteroatoms. The number of piperidine rings is 1. The third-order valence-corrected chi connectivity index (χ3v) is 5.59. The first-order valence-electron chi connectivity index (χ1n) is 9.55. The monoisotopic (exact) mass is 336 g/mol. The number of fused-ring (bicyclic) bond motifs is 1. The second-order valence-corrected chi connectivity index (χ2v) is 7.51. The Balaban J connectivity index is 1.20. The van der Waals surface area contributed by atoms with Crippen molar-refractivity contribution in [2.45, 2.75) is 56.9 Å². The molecule has 1 saturated heterocycles. The van der Waals surface area contributed by atoms with Crippen molar-refractivity contribution in [3.63, 3.8) is 0 Å². The van der Waals surface area contributed by atoms with Gasteiger partial charge in [-0.2, -0.15) is 5.10 Å². The summed E-state index contributed by atoms with van der Waals surface area (Å²) in [6, 6.07) is 4.72. The summed E-state index contributed by atoms with van der Waals surface area (Å²) in [6.45, 7) is 2.04. The summed E-state index contributed by atoms with van der Waals surface area (Å²) in [7, 11) is 0. The Morgan fingerprint density at radius 2 is 1.92 bits per heavy atom. The highest BCUT2D eigenvalue weighted by atomic mass is 15.3. The molecule has 25 heavy (non-hydrogen) atoms. The van der Waals surface area contributed by atoms with E-state index in [1.807, 2.05) is 12.3 Å². The Labute approximate surface area is 148 Å². The van der Waals surface area contributed by atoms with Crippen LogP contribution in [0.15, 0.2) is 18.3 Å². The van der Waals surface area contributed by atoms with E-state index in [2.05, 4.69) is 36.4 Å². The summed E-state index contributed by atoms with van der Waals surface area (Å²) in [5.41, 5.74) is 2.61. The van der Waals surface area contributed by atoms with Gasteiger partial charge in [0.2, 0.25) is 0 Å². The third kappa shape index (κ3) is 3.17. The van der Waals surface area contributed by atoms with Crippen molar-refractivity contribution in [1.29, 1.82) is 0 Å². The van der Waals surface area contributed by atoms with Gasteiger partial charge in [0.1, 0.15) is 11.6 Å². The Hall–Kier alpha value is -2.24. The molecule has 2 aromatic rings. The van der Waals surface area contributed by atoms with Gasteiger partial charge in [-0.25, -0.2) is 9.97 Å². The summed E-state index contributed by atoms with van der Waals surface area (Å²) < 4.78 is 0. The van der Waals surface area contributed by atoms with E-state index in [1.54, 1.807) is 0 Å². The van der Waals surface area contributed by atoms with Gasteiger partial charge in [0.05, 0.1) is 5.69 Å². The Bertz CT molecular complexity index is 764. The molecule has 1 saturated carbocycles. The zero-order valence-corrected chi connectivity index (χ0v) is 14.5. The molecule has 0 radical (unpaired) electrons. The van der Waals surface area contributed by atoms with Crippen LogP contribution < -0.4 is 10.2 Å². The van der Waals surface area contributed by atoms with E-state index in [9.17, 15) is 0 Å². The van der Waals surface area contributed by atoms with Crippen molar-refractivity contribution in [3.05, 3.63) is 35.4 Å². The maximum absolute atomic E-state index is 4.69. The van der Waals surface area contributed by atoms with Crippen LogP contribution in [0.5, 0.6) is 0 Å². The zero-order chi connectivity index (χ0) is 16.6. The molecule has 0 amide bonds. The minimum absolute atomic E-state index is 0.473. The summed E-state index contributed by atoms with van der Waals surface area (Å²) in [4.78, 5) is 11.5. The molecule has 3 heterocycles. The average molecular weight is 336 g/mol. The van der Waals surface area contributed by atoms with Crippen LogP contribution in [0.25, 0.3) is 0 Å². The highest BCUT2D eigenvalue weighted by molar-refractivity contribution is 5.44. The molecule has 3 aliphatic rings. The summed E-state index contributed by atoms with van der Waals surface area (Å²) in [5.74, 6) is 3.64. The molecule has 0 atom stereocenters. The summed E-state index contributed by atoms with van der Waals surface area (Å²) in [5, 5.41) is 12.5. The van der Waals surface area contributed by atoms with Gasteiger partial charge in [0.25, 0.3) is 0 Å². The van der Waals surface area contributed by atoms with E-state index in [0.717, 1.165) is 56.2 Å². The van der Waals surface area contributed by atoms with Gasteiger partial charge in [-0.3, -0.25) is 0 Å². The Morgan fingerprint density at radius 1 is 1.04 bits per heavy atom. The van der Waals surface area contributed by atoms with Crippen molar-refractivity contribution in [2.75, 3.05) is 23.3 Å². The van der Waals surface area contributed by atoms with Crippen molar-refractivity contribution in [1.82, 2.24) is 20.2 Å². The lowest BCUT2D eigenvalue weighted by Crippen LogP contribution is -2.39. The van der Waals surface area contributed by atoms with Crippen LogP contribution in [0.2, 0.25) is 0 Å². The smallest absolute Gasteiger partial charge is 0.151 e. The van der Waals surface area contributed by atoms with Gasteiger partial charge in [-0.05, 0) is 62.6 Å². The number of hydrogen-bond acceptors (Lipinski definition) is 6. The molecule has 5 rings (SSSR count). The first-order chi connectivity index (χ1) is 12.3. The number of anilines is 2. The van der Waals surface area contributed by atoms with Gasteiger partial charge in [0, 0.05) is 31.2 Å². The number of hydrogen-bond donors (Lipinski definition) is 1. The van der Waals surface area contributed by atoms with Gasteiger partial charge >= 0.3 is 0 Å². The maximum atomic E-state index is 4.69. The van der Waals surface area contributed by atoms with Crippen LogP contribution in [0, 0.1) is 0 Å². The van der Waals surface area contributed by atoms with Crippen LogP contribution in [0.3, 0.4) is 0 Å². The molecule has 2 aliphatic carbocycles. The lowest BCUT2D eigenvalue weighted by molar-refractivity contribution is 0.520. The summed E-state index contributed by atoms with van der Waals surface area (Å²) in [6.07, 6.45) is 10.0. The van der Waals surface area contributed by atoms with Crippen molar-refractivity contribution < 1.29 is 0 Å². The van der Waals surface area contributed by atoms with Gasteiger partial charge in [-0.15, -0.1) is 5.10 Å². The number of aromatic nitrogens is 4. The number of rotatable bonds is 4. The molecule has 6 nitrogen and oxygen atoms in total. The van der Waals surface area contributed by atoms with E-state index in [0.29, 0.717) is 12.0 Å². The second-order valence-electron chi connectivity index (χ2n) is 7.51. The highest BCUT2D eigenvalue weighted by Crippen LogP contribution is 2.38. The number of aryl methyl sites for hydroxylation is 2. The summed E-state index contributed by atoms with van der Waals surface area (Å²) >= 11 is 0. The third-order valence-electron chi connectivity index (χ3n) is 5.59. The van der Waals surface area contributed by atoms with Crippen molar-refractivity contribution in [2.24, 2.45) is 0 Å². The molecule has 0 bridgehead atoms. The van der Waals surface area contributed by atoms with E-state index in [4.69, 9.17) is 0 Å². The molecular weight excluding hydrogens is 312 g/mol. The Morgan fingerprint density at radius 3 is 2.76 bits per heavy atom. The molecule has 2 aromatic heterocycles. The molecule has 130 valence electrons. The molecule has 0 aromatic carbocycles. The molecule has 2 fully saturated rings. The van der Waals surface area contributed by atoms with Crippen molar-refractivity contribution in [3.8, 4) is 0 Å². The molecular formula is C19H24N6. The van der Waals surface area contributed by atoms with Crippen LogP contribution in [0.1, 0.15) is 55.1 Å². The lowest BCUT2D eigenvalue weighted by Gasteiger charge is -2.33. The normalized spacial score (nSPS) is 20.6. The molecule has 0 unspecified atom stereocenters. The highest BCUT2D eigenvalue weighted by Gasteiger charge is 2.27. The van der Waals surface area contributed by atoms with E-state index < -0.39 is 0 Å². The second kappa shape index (κ2) is 6.24. The topological polar surface area (TPSA) is 66.8 Å². The predicted molar refractivity (Wildman–Crippen MR) is 96.9 cm³/mol. The van der Waals surface area contributed by atoms with Gasteiger partial charge in [-0.1, -0.05) is 0 Å². The van der Waals surface area contributed by atoms with Gasteiger partial charge < -0.3 is 10.2 Å². The zero-order valence-electron chi connectivity index (χ0n) is 14.5. The quantitative estimate of drug-likeness (QED) is 0.926. The van der Waals surface area contributed by atoms with E-state index in [1.165, 1.54) is 30.5 Å². The van der Waals surface area contributed by atoms with Crippen LogP contribution in [-0.2, 0) is 12.8 Å². The standard InChI is InChI=1S/C19H24N6/c1-2-14-12-18(24-23-16(14)3-1)25-10-7-15(8-11-25)21-17-6-9-20-19(22-17)13-4-5-13/h6,9,12-13,15H,1-5,7-8,10-11H2,(H,20,21,22). The largest absolute Gasteiger partial charge is 0.367 e. The molecule has 0 spiro atoms. The first kappa shape index (κ1) is 15.0. The first-order valence-corrected chi connectivity index (χ1v) is 9.55. The SMILES string of the molecule is c1cc(NC2CCN(c3cc4c(nn3)CCC4)CC2)nc(C2CC2)n1. The minimum atomic E-state index is 0.473. The molecule has 1 N–H and O–H groups in total. The van der Waals surface area contributed by atoms with E-state index in [-0.39, 0.29) is 0 Å². The average Bonchev–Trinajstić information content (AvgIpc) is 3.40.